The Morgan fingerprint density at radius 2 is 2.14 bits per heavy atom. The van der Waals surface area contributed by atoms with E-state index >= 15 is 0 Å². The molecule has 0 heterocycles. The Morgan fingerprint density at radius 1 is 1.48 bits per heavy atom. The fourth-order valence-electron chi connectivity index (χ4n) is 1.87. The summed E-state index contributed by atoms with van der Waals surface area (Å²) >= 11 is 0. The van der Waals surface area contributed by atoms with Crippen LogP contribution in [0.1, 0.15) is 31.1 Å². The molecule has 0 aliphatic carbocycles. The first-order chi connectivity index (χ1) is 9.82. The Labute approximate surface area is 122 Å². The number of para-hydroxylation sites is 1. The van der Waals surface area contributed by atoms with Gasteiger partial charge in [0.05, 0.1) is 10.5 Å². The van der Waals surface area contributed by atoms with Crippen LogP contribution in [0.5, 0.6) is 0 Å². The number of ether oxygens (including phenoxy) is 1. The van der Waals surface area contributed by atoms with E-state index in [4.69, 9.17) is 10.6 Å². The molecule has 1 rings (SSSR count). The summed E-state index contributed by atoms with van der Waals surface area (Å²) in [6.07, 6.45) is 0. The van der Waals surface area contributed by atoms with Crippen molar-refractivity contribution in [2.75, 3.05) is 18.6 Å². The zero-order valence-corrected chi connectivity index (χ0v) is 12.3. The molecule has 4 N–H and O–H groups in total. The molecule has 8 heteroatoms. The van der Waals surface area contributed by atoms with E-state index in [1.165, 1.54) is 18.2 Å². The largest absolute Gasteiger partial charge is 0.374 e. The number of hydrogen-bond acceptors (Lipinski definition) is 6. The first-order valence-corrected chi connectivity index (χ1v) is 6.48. The molecule has 116 valence electrons. The lowest BCUT2D eigenvalue weighted by molar-refractivity contribution is -0.384. The molecule has 0 spiro atoms. The first-order valence-electron chi connectivity index (χ1n) is 6.48. The molecule has 8 nitrogen and oxygen atoms in total. The van der Waals surface area contributed by atoms with E-state index < -0.39 is 16.4 Å². The Kier molecular flexibility index (Phi) is 5.62. The molecule has 0 atom stereocenters. The molecule has 1 amide bonds. The highest BCUT2D eigenvalue weighted by Crippen LogP contribution is 2.27. The van der Waals surface area contributed by atoms with Gasteiger partial charge in [0.2, 0.25) is 0 Å². The fourth-order valence-corrected chi connectivity index (χ4v) is 1.87. The number of nitrogens with two attached hydrogens (primary N) is 1. The van der Waals surface area contributed by atoms with Crippen LogP contribution in [0.4, 0.5) is 11.4 Å². The van der Waals surface area contributed by atoms with Gasteiger partial charge in [0.25, 0.3) is 5.91 Å². The van der Waals surface area contributed by atoms with Crippen LogP contribution in [-0.2, 0) is 4.74 Å². The zero-order valence-electron chi connectivity index (χ0n) is 12.3. The van der Waals surface area contributed by atoms with Gasteiger partial charge in [-0.1, -0.05) is 6.07 Å². The van der Waals surface area contributed by atoms with E-state index in [1.807, 2.05) is 20.8 Å². The second-order valence-electron chi connectivity index (χ2n) is 4.98. The molecule has 0 saturated carbocycles. The SMILES string of the molecule is CCOC(C)(C)CNC(=O)c1cccc(NN)c1[N+](=O)[O-]. The predicted octanol–water partition coefficient (Wildman–Crippen LogP) is 1.43. The van der Waals surface area contributed by atoms with Crippen LogP contribution in [-0.4, -0.2) is 29.6 Å². The molecule has 1 aromatic rings. The predicted molar refractivity (Wildman–Crippen MR) is 78.9 cm³/mol. The number of carbonyl (C=O) groups excluding carboxylic acids is 1. The van der Waals surface area contributed by atoms with Crippen molar-refractivity contribution in [1.82, 2.24) is 5.32 Å². The van der Waals surface area contributed by atoms with Crippen molar-refractivity contribution in [3.05, 3.63) is 33.9 Å². The standard InChI is InChI=1S/C13H20N4O4/c1-4-21-13(2,3)8-15-12(18)9-6-5-7-10(16-14)11(9)17(19)20/h5-7,16H,4,8,14H2,1-3H3,(H,15,18). The van der Waals surface area contributed by atoms with Crippen LogP contribution in [0.2, 0.25) is 0 Å². The third-order valence-electron chi connectivity index (χ3n) is 2.83. The second-order valence-corrected chi connectivity index (χ2v) is 4.98. The number of amides is 1. The second kappa shape index (κ2) is 7.00. The molecule has 0 aliphatic heterocycles. The van der Waals surface area contributed by atoms with Crippen molar-refractivity contribution < 1.29 is 14.5 Å². The van der Waals surface area contributed by atoms with Crippen molar-refractivity contribution in [1.29, 1.82) is 0 Å². The number of nitrogen functional groups attached to an aromatic ring is 1. The lowest BCUT2D eigenvalue weighted by atomic mass is 10.1. The summed E-state index contributed by atoms with van der Waals surface area (Å²) in [6.45, 7) is 6.24. The molecule has 0 saturated heterocycles. The van der Waals surface area contributed by atoms with E-state index in [1.54, 1.807) is 0 Å². The van der Waals surface area contributed by atoms with Gasteiger partial charge in [-0.2, -0.15) is 0 Å². The van der Waals surface area contributed by atoms with Crippen LogP contribution in [0.15, 0.2) is 18.2 Å². The van der Waals surface area contributed by atoms with Gasteiger partial charge in [0.15, 0.2) is 0 Å². The number of nitro groups is 1. The highest BCUT2D eigenvalue weighted by molar-refractivity contribution is 6.00. The summed E-state index contributed by atoms with van der Waals surface area (Å²) in [4.78, 5) is 22.6. The van der Waals surface area contributed by atoms with E-state index in [9.17, 15) is 14.9 Å². The van der Waals surface area contributed by atoms with Crippen LogP contribution < -0.4 is 16.6 Å². The number of rotatable bonds is 7. The normalized spacial score (nSPS) is 11.0. The highest BCUT2D eigenvalue weighted by atomic mass is 16.6. The molecule has 0 fully saturated rings. The smallest absolute Gasteiger partial charge is 0.306 e. The van der Waals surface area contributed by atoms with Crippen molar-refractivity contribution in [3.8, 4) is 0 Å². The zero-order chi connectivity index (χ0) is 16.0. The summed E-state index contributed by atoms with van der Waals surface area (Å²) in [5.41, 5.74) is 1.34. The van der Waals surface area contributed by atoms with Crippen molar-refractivity contribution >= 4 is 17.3 Å². The van der Waals surface area contributed by atoms with Gasteiger partial charge in [0, 0.05) is 13.2 Å². The van der Waals surface area contributed by atoms with E-state index in [0.717, 1.165) is 0 Å². The van der Waals surface area contributed by atoms with Crippen LogP contribution in [0.25, 0.3) is 0 Å². The third kappa shape index (κ3) is 4.40. The number of carbonyl (C=O) groups is 1. The van der Waals surface area contributed by atoms with E-state index in [0.29, 0.717) is 6.61 Å². The molecule has 0 unspecified atom stereocenters. The maximum atomic E-state index is 12.1. The maximum Gasteiger partial charge on any atom is 0.306 e. The third-order valence-corrected chi connectivity index (χ3v) is 2.83. The lowest BCUT2D eigenvalue weighted by Crippen LogP contribution is -2.40. The van der Waals surface area contributed by atoms with Crippen molar-refractivity contribution in [2.24, 2.45) is 5.84 Å². The Bertz CT molecular complexity index is 531. The van der Waals surface area contributed by atoms with Crippen LogP contribution in [0, 0.1) is 10.1 Å². The van der Waals surface area contributed by atoms with Gasteiger partial charge >= 0.3 is 5.69 Å². The van der Waals surface area contributed by atoms with Gasteiger partial charge in [-0.3, -0.25) is 20.8 Å². The lowest BCUT2D eigenvalue weighted by Gasteiger charge is -2.24. The monoisotopic (exact) mass is 296 g/mol. The number of hydrogen-bond donors (Lipinski definition) is 3. The Balaban J connectivity index is 2.95. The number of nitrogens with zero attached hydrogens (tertiary/aromatic N) is 1. The minimum atomic E-state index is -0.641. The van der Waals surface area contributed by atoms with Crippen molar-refractivity contribution in [3.63, 3.8) is 0 Å². The van der Waals surface area contributed by atoms with Crippen LogP contribution in [0.3, 0.4) is 0 Å². The number of benzene rings is 1. The molecular weight excluding hydrogens is 276 g/mol. The van der Waals surface area contributed by atoms with E-state index in [2.05, 4.69) is 10.7 Å². The quantitative estimate of drug-likeness (QED) is 0.398. The molecular formula is C13H20N4O4. The fraction of sp³-hybridized carbons (Fsp3) is 0.462. The van der Waals surface area contributed by atoms with Gasteiger partial charge in [-0.15, -0.1) is 0 Å². The number of anilines is 1. The topological polar surface area (TPSA) is 120 Å². The number of nitro benzene ring substituents is 1. The average molecular weight is 296 g/mol. The van der Waals surface area contributed by atoms with Crippen LogP contribution >= 0.6 is 0 Å². The maximum absolute atomic E-state index is 12.1. The Morgan fingerprint density at radius 3 is 2.67 bits per heavy atom. The molecule has 21 heavy (non-hydrogen) atoms. The summed E-state index contributed by atoms with van der Waals surface area (Å²) in [6, 6.07) is 4.33. The highest BCUT2D eigenvalue weighted by Gasteiger charge is 2.26. The minimum Gasteiger partial charge on any atom is -0.374 e. The number of hydrazine groups is 1. The molecule has 0 bridgehead atoms. The average Bonchev–Trinajstić information content (AvgIpc) is 2.43. The first kappa shape index (κ1) is 16.9. The summed E-state index contributed by atoms with van der Waals surface area (Å²) in [5, 5.41) is 13.7. The summed E-state index contributed by atoms with van der Waals surface area (Å²) < 4.78 is 5.46. The van der Waals surface area contributed by atoms with Gasteiger partial charge < -0.3 is 15.5 Å². The molecule has 1 aromatic carbocycles. The Hall–Kier alpha value is -2.19. The summed E-state index contributed by atoms with van der Waals surface area (Å²) in [7, 11) is 0. The summed E-state index contributed by atoms with van der Waals surface area (Å²) in [5.74, 6) is 4.68. The van der Waals surface area contributed by atoms with Gasteiger partial charge in [-0.25, -0.2) is 0 Å². The van der Waals surface area contributed by atoms with E-state index in [-0.39, 0.29) is 23.5 Å². The van der Waals surface area contributed by atoms with Gasteiger partial charge in [0.1, 0.15) is 11.3 Å². The molecule has 0 radical (unpaired) electrons. The minimum absolute atomic E-state index is 0.0530. The molecule has 0 aromatic heterocycles. The van der Waals surface area contributed by atoms with Gasteiger partial charge in [-0.05, 0) is 32.9 Å². The van der Waals surface area contributed by atoms with Crippen molar-refractivity contribution in [2.45, 2.75) is 26.4 Å². The molecule has 0 aliphatic rings. The number of nitrogens with one attached hydrogen (secondary N) is 2.